The second kappa shape index (κ2) is 6.48. The van der Waals surface area contributed by atoms with Gasteiger partial charge >= 0.3 is 0 Å². The van der Waals surface area contributed by atoms with Crippen molar-refractivity contribution >= 4 is 5.78 Å². The van der Waals surface area contributed by atoms with E-state index in [1.54, 1.807) is 0 Å². The van der Waals surface area contributed by atoms with Crippen molar-refractivity contribution in [1.29, 1.82) is 0 Å². The number of benzene rings is 1. The van der Waals surface area contributed by atoms with Gasteiger partial charge in [-0.25, -0.2) is 0 Å². The number of ether oxygens (including phenoxy) is 3. The summed E-state index contributed by atoms with van der Waals surface area (Å²) in [6.45, 7) is 1.85. The average Bonchev–Trinajstić information content (AvgIpc) is 2.88. The number of Topliss-reactive ketones (excluding diaryl/α,β-unsaturated/α-hetero) is 1. The number of carbonyl (C=O) groups excluding carboxylic acids is 1. The van der Waals surface area contributed by atoms with Crippen LogP contribution in [0.4, 0.5) is 0 Å². The topological polar surface area (TPSA) is 44.8 Å². The third-order valence-electron chi connectivity index (χ3n) is 3.90. The molecule has 0 amide bonds. The normalized spacial score (nSPS) is 27.9. The third kappa shape index (κ3) is 3.08. The van der Waals surface area contributed by atoms with Crippen molar-refractivity contribution in [2.45, 2.75) is 38.3 Å². The predicted octanol–water partition coefficient (Wildman–Crippen LogP) is 2.31. The largest absolute Gasteiger partial charge is 0.366 e. The highest BCUT2D eigenvalue weighted by atomic mass is 16.7. The van der Waals surface area contributed by atoms with Gasteiger partial charge in [-0.3, -0.25) is 4.79 Å². The molecule has 2 atom stereocenters. The SMILES string of the molecule is O=C1[C@H](OCc2ccccc2)CC[C@@H]1C1OCCCO1. The molecule has 2 fully saturated rings. The van der Waals surface area contributed by atoms with Gasteiger partial charge in [0.1, 0.15) is 6.10 Å². The molecule has 0 aromatic heterocycles. The van der Waals surface area contributed by atoms with Crippen LogP contribution in [0.2, 0.25) is 0 Å². The van der Waals surface area contributed by atoms with E-state index in [1.165, 1.54) is 0 Å². The van der Waals surface area contributed by atoms with Crippen LogP contribution in [0.3, 0.4) is 0 Å². The fourth-order valence-corrected chi connectivity index (χ4v) is 2.80. The number of hydrogen-bond donors (Lipinski definition) is 0. The quantitative estimate of drug-likeness (QED) is 0.846. The maximum absolute atomic E-state index is 12.3. The molecule has 1 aromatic carbocycles. The molecule has 0 spiro atoms. The molecule has 0 bridgehead atoms. The first-order valence-corrected chi connectivity index (χ1v) is 7.27. The summed E-state index contributed by atoms with van der Waals surface area (Å²) >= 11 is 0. The Morgan fingerprint density at radius 1 is 1.10 bits per heavy atom. The summed E-state index contributed by atoms with van der Waals surface area (Å²) in [6.07, 6.45) is 1.80. The van der Waals surface area contributed by atoms with Gasteiger partial charge in [-0.05, 0) is 24.8 Å². The third-order valence-corrected chi connectivity index (χ3v) is 3.90. The number of carbonyl (C=O) groups is 1. The molecular weight excluding hydrogens is 256 g/mol. The van der Waals surface area contributed by atoms with E-state index in [0.717, 1.165) is 24.8 Å². The summed E-state index contributed by atoms with van der Waals surface area (Å²) in [5.41, 5.74) is 1.09. The highest BCUT2D eigenvalue weighted by Crippen LogP contribution is 2.30. The van der Waals surface area contributed by atoms with Crippen LogP contribution in [0, 0.1) is 5.92 Å². The van der Waals surface area contributed by atoms with E-state index in [9.17, 15) is 4.79 Å². The molecule has 3 rings (SSSR count). The highest BCUT2D eigenvalue weighted by Gasteiger charge is 2.41. The average molecular weight is 276 g/mol. The lowest BCUT2D eigenvalue weighted by Gasteiger charge is -2.27. The van der Waals surface area contributed by atoms with Crippen molar-refractivity contribution in [3.05, 3.63) is 35.9 Å². The van der Waals surface area contributed by atoms with Gasteiger partial charge in [-0.15, -0.1) is 0 Å². The molecular formula is C16H20O4. The van der Waals surface area contributed by atoms with Crippen LogP contribution in [0.15, 0.2) is 30.3 Å². The molecule has 1 saturated heterocycles. The fraction of sp³-hybridized carbons (Fsp3) is 0.562. The van der Waals surface area contributed by atoms with Crippen molar-refractivity contribution in [2.75, 3.05) is 13.2 Å². The van der Waals surface area contributed by atoms with Crippen LogP contribution in [-0.4, -0.2) is 31.4 Å². The van der Waals surface area contributed by atoms with Gasteiger partial charge in [0.2, 0.25) is 0 Å². The Hall–Kier alpha value is -1.23. The maximum atomic E-state index is 12.3. The molecule has 20 heavy (non-hydrogen) atoms. The van der Waals surface area contributed by atoms with E-state index in [1.807, 2.05) is 30.3 Å². The van der Waals surface area contributed by atoms with Crippen molar-refractivity contribution in [2.24, 2.45) is 5.92 Å². The Morgan fingerprint density at radius 2 is 1.85 bits per heavy atom. The lowest BCUT2D eigenvalue weighted by atomic mass is 10.1. The minimum Gasteiger partial charge on any atom is -0.366 e. The zero-order valence-corrected chi connectivity index (χ0v) is 11.5. The monoisotopic (exact) mass is 276 g/mol. The smallest absolute Gasteiger partial charge is 0.169 e. The van der Waals surface area contributed by atoms with Gasteiger partial charge in [-0.2, -0.15) is 0 Å². The Kier molecular flexibility index (Phi) is 4.45. The van der Waals surface area contributed by atoms with Crippen LogP contribution < -0.4 is 0 Å². The number of ketones is 1. The van der Waals surface area contributed by atoms with Crippen LogP contribution >= 0.6 is 0 Å². The standard InChI is InChI=1S/C16H20O4/c17-15-13(16-18-9-4-10-19-16)7-8-14(15)20-11-12-5-2-1-3-6-12/h1-3,5-6,13-14,16H,4,7-11H2/t13-,14+/m0/s1. The molecule has 1 aromatic rings. The Morgan fingerprint density at radius 3 is 2.60 bits per heavy atom. The molecule has 1 aliphatic carbocycles. The lowest BCUT2D eigenvalue weighted by Crippen LogP contribution is -2.36. The van der Waals surface area contributed by atoms with E-state index in [4.69, 9.17) is 14.2 Å². The zero-order valence-electron chi connectivity index (χ0n) is 11.5. The number of hydrogen-bond acceptors (Lipinski definition) is 4. The maximum Gasteiger partial charge on any atom is 0.169 e. The van der Waals surface area contributed by atoms with Gasteiger partial charge in [-0.1, -0.05) is 30.3 Å². The molecule has 1 saturated carbocycles. The van der Waals surface area contributed by atoms with Crippen molar-refractivity contribution in [3.63, 3.8) is 0 Å². The molecule has 4 nitrogen and oxygen atoms in total. The van der Waals surface area contributed by atoms with Crippen molar-refractivity contribution in [3.8, 4) is 0 Å². The van der Waals surface area contributed by atoms with E-state index in [-0.39, 0.29) is 24.1 Å². The molecule has 0 radical (unpaired) electrons. The van der Waals surface area contributed by atoms with Crippen molar-refractivity contribution < 1.29 is 19.0 Å². The van der Waals surface area contributed by atoms with Gasteiger partial charge < -0.3 is 14.2 Å². The Balaban J connectivity index is 1.53. The fourth-order valence-electron chi connectivity index (χ4n) is 2.80. The van der Waals surface area contributed by atoms with Crippen LogP contribution in [-0.2, 0) is 25.6 Å². The summed E-state index contributed by atoms with van der Waals surface area (Å²) in [5.74, 6) is -0.0242. The number of rotatable bonds is 4. The van der Waals surface area contributed by atoms with Crippen molar-refractivity contribution in [1.82, 2.24) is 0 Å². The molecule has 0 unspecified atom stereocenters. The molecule has 1 heterocycles. The summed E-state index contributed by atoms with van der Waals surface area (Å²) < 4.78 is 16.9. The van der Waals surface area contributed by atoms with E-state index >= 15 is 0 Å². The second-order valence-electron chi connectivity index (χ2n) is 5.33. The molecule has 2 aliphatic rings. The van der Waals surface area contributed by atoms with Gasteiger partial charge in [0.15, 0.2) is 12.1 Å². The van der Waals surface area contributed by atoms with Crippen LogP contribution in [0.25, 0.3) is 0 Å². The Labute approximate surface area is 119 Å². The lowest BCUT2D eigenvalue weighted by molar-refractivity contribution is -0.204. The minimum atomic E-state index is -0.360. The molecule has 1 aliphatic heterocycles. The van der Waals surface area contributed by atoms with Gasteiger partial charge in [0.25, 0.3) is 0 Å². The van der Waals surface area contributed by atoms with E-state index in [0.29, 0.717) is 19.8 Å². The first kappa shape index (κ1) is 13.7. The zero-order chi connectivity index (χ0) is 13.8. The van der Waals surface area contributed by atoms with E-state index in [2.05, 4.69) is 0 Å². The van der Waals surface area contributed by atoms with Gasteiger partial charge in [0, 0.05) is 0 Å². The van der Waals surface area contributed by atoms with Crippen LogP contribution in [0.5, 0.6) is 0 Å². The molecule has 0 N–H and O–H groups in total. The summed E-state index contributed by atoms with van der Waals surface area (Å²) in [7, 11) is 0. The summed E-state index contributed by atoms with van der Waals surface area (Å²) in [4.78, 5) is 12.3. The van der Waals surface area contributed by atoms with Gasteiger partial charge in [0.05, 0.1) is 25.7 Å². The molecule has 108 valence electrons. The van der Waals surface area contributed by atoms with E-state index < -0.39 is 0 Å². The summed E-state index contributed by atoms with van der Waals surface area (Å²) in [5, 5.41) is 0. The predicted molar refractivity (Wildman–Crippen MR) is 73.1 cm³/mol. The Bertz CT molecular complexity index is 439. The van der Waals surface area contributed by atoms with Crippen LogP contribution in [0.1, 0.15) is 24.8 Å². The first-order valence-electron chi connectivity index (χ1n) is 7.27. The highest BCUT2D eigenvalue weighted by molar-refractivity contribution is 5.87. The summed E-state index contributed by atoms with van der Waals surface area (Å²) in [6, 6.07) is 9.93. The first-order chi connectivity index (χ1) is 9.84. The minimum absolute atomic E-state index is 0.132. The second-order valence-corrected chi connectivity index (χ2v) is 5.33. The molecule has 4 heteroatoms.